The molecule has 0 saturated carbocycles. The van der Waals surface area contributed by atoms with Crippen LogP contribution in [0.3, 0.4) is 0 Å². The number of nitrogens with zero attached hydrogens (tertiary/aromatic N) is 1. The van der Waals surface area contributed by atoms with E-state index >= 15 is 0 Å². The zero-order chi connectivity index (χ0) is 14.0. The lowest BCUT2D eigenvalue weighted by Crippen LogP contribution is -2.39. The van der Waals surface area contributed by atoms with Gasteiger partial charge in [0.1, 0.15) is 0 Å². The molecular weight excluding hydrogens is 305 g/mol. The van der Waals surface area contributed by atoms with Crippen molar-refractivity contribution < 1.29 is 8.42 Å². The van der Waals surface area contributed by atoms with E-state index in [4.69, 9.17) is 23.2 Å². The monoisotopic (exact) mass is 321 g/mol. The molecule has 1 aromatic carbocycles. The third kappa shape index (κ3) is 3.85. The van der Waals surface area contributed by atoms with Crippen molar-refractivity contribution in [1.82, 2.24) is 4.31 Å². The van der Waals surface area contributed by atoms with E-state index in [0.717, 1.165) is 12.8 Å². The molecule has 0 unspecified atom stereocenters. The van der Waals surface area contributed by atoms with Crippen molar-refractivity contribution >= 4 is 33.2 Å². The van der Waals surface area contributed by atoms with Crippen LogP contribution in [0.25, 0.3) is 0 Å². The quantitative estimate of drug-likeness (QED) is 0.853. The zero-order valence-corrected chi connectivity index (χ0v) is 13.1. The Morgan fingerprint density at radius 2 is 2.05 bits per heavy atom. The van der Waals surface area contributed by atoms with E-state index in [1.54, 1.807) is 22.5 Å². The molecule has 1 saturated heterocycles. The Labute approximate surface area is 124 Å². The fourth-order valence-corrected chi connectivity index (χ4v) is 4.32. The molecule has 0 bridgehead atoms. The smallest absolute Gasteiger partial charge is 0.212 e. The first-order valence-corrected chi connectivity index (χ1v) is 8.67. The van der Waals surface area contributed by atoms with Crippen LogP contribution in [0.15, 0.2) is 18.2 Å². The van der Waals surface area contributed by atoms with Gasteiger partial charge in [0.2, 0.25) is 10.0 Å². The van der Waals surface area contributed by atoms with Crippen LogP contribution in [0.4, 0.5) is 0 Å². The molecule has 0 aromatic heterocycles. The fourth-order valence-electron chi connectivity index (χ4n) is 2.33. The van der Waals surface area contributed by atoms with Gasteiger partial charge in [-0.3, -0.25) is 0 Å². The topological polar surface area (TPSA) is 37.4 Å². The summed E-state index contributed by atoms with van der Waals surface area (Å²) in [6.07, 6.45) is 2.03. The van der Waals surface area contributed by atoms with Crippen LogP contribution in [0.1, 0.15) is 25.3 Å². The highest BCUT2D eigenvalue weighted by Gasteiger charge is 2.27. The minimum atomic E-state index is -3.27. The van der Waals surface area contributed by atoms with Crippen molar-refractivity contribution in [3.05, 3.63) is 33.8 Å². The van der Waals surface area contributed by atoms with Gasteiger partial charge in [0.05, 0.1) is 15.8 Å². The van der Waals surface area contributed by atoms with Crippen molar-refractivity contribution in [2.45, 2.75) is 25.5 Å². The summed E-state index contributed by atoms with van der Waals surface area (Å²) in [5.74, 6) is 0.411. The molecule has 1 aliphatic heterocycles. The third-order valence-electron chi connectivity index (χ3n) is 3.35. The molecule has 3 nitrogen and oxygen atoms in total. The number of halogens is 2. The summed E-state index contributed by atoms with van der Waals surface area (Å²) in [5, 5.41) is 0.829. The summed E-state index contributed by atoms with van der Waals surface area (Å²) in [6, 6.07) is 4.96. The van der Waals surface area contributed by atoms with E-state index in [9.17, 15) is 8.42 Å². The highest BCUT2D eigenvalue weighted by atomic mass is 35.5. The number of hydrogen-bond acceptors (Lipinski definition) is 2. The molecular formula is C13H17Cl2NO2S. The second-order valence-corrected chi connectivity index (χ2v) is 7.89. The largest absolute Gasteiger partial charge is 0.218 e. The molecule has 2 rings (SSSR count). The maximum absolute atomic E-state index is 12.3. The predicted octanol–water partition coefficient (Wildman–Crippen LogP) is 3.56. The molecule has 106 valence electrons. The summed E-state index contributed by atoms with van der Waals surface area (Å²) in [5.41, 5.74) is 0.674. The number of benzene rings is 1. The normalized spacial score (nSPS) is 21.5. The molecule has 6 heteroatoms. The highest BCUT2D eigenvalue weighted by molar-refractivity contribution is 7.88. The average Bonchev–Trinajstić information content (AvgIpc) is 2.33. The molecule has 1 atom stereocenters. The molecule has 0 radical (unpaired) electrons. The Hall–Kier alpha value is -0.290. The fraction of sp³-hybridized carbons (Fsp3) is 0.538. The standard InChI is InChI=1S/C13H17Cl2NO2S/c1-10-3-2-6-16(8-10)19(17,18)9-11-4-5-12(14)13(15)7-11/h4-5,7,10H,2-3,6,8-9H2,1H3/t10-/m1/s1. The van der Waals surface area contributed by atoms with Crippen molar-refractivity contribution in [2.24, 2.45) is 5.92 Å². The third-order valence-corrected chi connectivity index (χ3v) is 5.90. The Balaban J connectivity index is 2.14. The molecule has 1 aliphatic rings. The van der Waals surface area contributed by atoms with Crippen molar-refractivity contribution in [2.75, 3.05) is 13.1 Å². The number of rotatable bonds is 3. The Bertz CT molecular complexity index is 560. The molecule has 0 amide bonds. The van der Waals surface area contributed by atoms with E-state index in [1.165, 1.54) is 0 Å². The van der Waals surface area contributed by atoms with Gasteiger partial charge in [-0.15, -0.1) is 0 Å². The lowest BCUT2D eigenvalue weighted by molar-refractivity contribution is 0.281. The van der Waals surface area contributed by atoms with Crippen LogP contribution in [-0.2, 0) is 15.8 Å². The van der Waals surface area contributed by atoms with Gasteiger partial charge >= 0.3 is 0 Å². The van der Waals surface area contributed by atoms with Crippen molar-refractivity contribution in [1.29, 1.82) is 0 Å². The zero-order valence-electron chi connectivity index (χ0n) is 10.8. The van der Waals surface area contributed by atoms with Crippen LogP contribution < -0.4 is 0 Å². The van der Waals surface area contributed by atoms with Crippen LogP contribution in [0.5, 0.6) is 0 Å². The Kier molecular flexibility index (Phi) is 4.77. The highest BCUT2D eigenvalue weighted by Crippen LogP contribution is 2.25. The van der Waals surface area contributed by atoms with E-state index in [-0.39, 0.29) is 5.75 Å². The van der Waals surface area contributed by atoms with Gasteiger partial charge in [-0.25, -0.2) is 12.7 Å². The summed E-state index contributed by atoms with van der Waals surface area (Å²) < 4.78 is 26.3. The molecule has 0 spiro atoms. The second kappa shape index (κ2) is 6.00. The molecule has 0 aliphatic carbocycles. The number of sulfonamides is 1. The van der Waals surface area contributed by atoms with Gasteiger partial charge in [0.25, 0.3) is 0 Å². The van der Waals surface area contributed by atoms with Crippen LogP contribution in [-0.4, -0.2) is 25.8 Å². The van der Waals surface area contributed by atoms with Gasteiger partial charge < -0.3 is 0 Å². The van der Waals surface area contributed by atoms with Gasteiger partial charge in [0.15, 0.2) is 0 Å². The van der Waals surface area contributed by atoms with Crippen molar-refractivity contribution in [3.63, 3.8) is 0 Å². The van der Waals surface area contributed by atoms with Crippen molar-refractivity contribution in [3.8, 4) is 0 Å². The first-order valence-electron chi connectivity index (χ1n) is 6.30. The second-order valence-electron chi connectivity index (χ2n) is 5.11. The van der Waals surface area contributed by atoms with Gasteiger partial charge in [-0.1, -0.05) is 36.2 Å². The maximum atomic E-state index is 12.3. The SMILES string of the molecule is C[C@@H]1CCCN(S(=O)(=O)Cc2ccc(Cl)c(Cl)c2)C1. The minimum Gasteiger partial charge on any atom is -0.212 e. The predicted molar refractivity (Wildman–Crippen MR) is 79.1 cm³/mol. The van der Waals surface area contributed by atoms with E-state index in [0.29, 0.717) is 34.6 Å². The van der Waals surface area contributed by atoms with Gasteiger partial charge in [-0.2, -0.15) is 0 Å². The lowest BCUT2D eigenvalue weighted by Gasteiger charge is -2.30. The molecule has 1 aromatic rings. The summed E-state index contributed by atoms with van der Waals surface area (Å²) in [7, 11) is -3.27. The van der Waals surface area contributed by atoms with Gasteiger partial charge in [-0.05, 0) is 36.5 Å². The number of hydrogen-bond donors (Lipinski definition) is 0. The Morgan fingerprint density at radius 1 is 1.32 bits per heavy atom. The summed E-state index contributed by atoms with van der Waals surface area (Å²) in [4.78, 5) is 0. The maximum Gasteiger partial charge on any atom is 0.218 e. The Morgan fingerprint density at radius 3 is 2.68 bits per heavy atom. The molecule has 1 heterocycles. The van der Waals surface area contributed by atoms with E-state index in [1.807, 2.05) is 0 Å². The van der Waals surface area contributed by atoms with E-state index < -0.39 is 10.0 Å². The number of piperidine rings is 1. The summed E-state index contributed by atoms with van der Waals surface area (Å²) in [6.45, 7) is 3.32. The average molecular weight is 322 g/mol. The van der Waals surface area contributed by atoms with Crippen LogP contribution in [0, 0.1) is 5.92 Å². The minimum absolute atomic E-state index is 0.0173. The molecule has 0 N–H and O–H groups in total. The summed E-state index contributed by atoms with van der Waals surface area (Å²) >= 11 is 11.7. The molecule has 1 fully saturated rings. The van der Waals surface area contributed by atoms with Crippen LogP contribution in [0.2, 0.25) is 10.0 Å². The first kappa shape index (κ1) is 15.1. The molecule has 19 heavy (non-hydrogen) atoms. The lowest BCUT2D eigenvalue weighted by atomic mass is 10.0. The van der Waals surface area contributed by atoms with Gasteiger partial charge in [0, 0.05) is 13.1 Å². The first-order chi connectivity index (χ1) is 8.88. The van der Waals surface area contributed by atoms with E-state index in [2.05, 4.69) is 6.92 Å². The van der Waals surface area contributed by atoms with Crippen LogP contribution >= 0.6 is 23.2 Å².